The smallest absolute Gasteiger partial charge is 0.420 e. The van der Waals surface area contributed by atoms with E-state index in [0.29, 0.717) is 22.4 Å². The normalized spacial score (nSPS) is 10.5. The zero-order valence-electron chi connectivity index (χ0n) is 14.8. The predicted octanol–water partition coefficient (Wildman–Crippen LogP) is 1.56. The summed E-state index contributed by atoms with van der Waals surface area (Å²) in [6.45, 7) is -0.904. The van der Waals surface area contributed by atoms with Crippen LogP contribution in [-0.2, 0) is 25.6 Å². The van der Waals surface area contributed by atoms with Crippen molar-refractivity contribution in [1.82, 2.24) is 4.57 Å². The summed E-state index contributed by atoms with van der Waals surface area (Å²) in [5, 5.41) is 2.53. The third kappa shape index (κ3) is 4.26. The molecule has 28 heavy (non-hydrogen) atoms. The second kappa shape index (κ2) is 8.21. The number of methoxy groups -OCH3 is 1. The van der Waals surface area contributed by atoms with Crippen LogP contribution < -0.4 is 11.1 Å². The van der Waals surface area contributed by atoms with Gasteiger partial charge >= 0.3 is 17.7 Å². The highest BCUT2D eigenvalue weighted by atomic mass is 16.5. The van der Waals surface area contributed by atoms with Crippen LogP contribution in [0.1, 0.15) is 10.4 Å². The minimum Gasteiger partial charge on any atom is -0.465 e. The van der Waals surface area contributed by atoms with E-state index >= 15 is 0 Å². The Morgan fingerprint density at radius 1 is 1.07 bits per heavy atom. The molecule has 2 aromatic carbocycles. The van der Waals surface area contributed by atoms with Crippen LogP contribution in [0.2, 0.25) is 0 Å². The summed E-state index contributed by atoms with van der Waals surface area (Å²) < 4.78 is 15.6. The molecule has 0 atom stereocenters. The number of rotatable bonds is 6. The van der Waals surface area contributed by atoms with Crippen molar-refractivity contribution in [3.63, 3.8) is 0 Å². The fourth-order valence-corrected chi connectivity index (χ4v) is 2.49. The summed E-state index contributed by atoms with van der Waals surface area (Å²) in [5.41, 5.74) is 1.57. The lowest BCUT2D eigenvalue weighted by atomic mass is 10.2. The second-order valence-electron chi connectivity index (χ2n) is 5.70. The molecule has 9 heteroatoms. The number of oxazole rings is 1. The maximum atomic E-state index is 12.0. The predicted molar refractivity (Wildman–Crippen MR) is 97.8 cm³/mol. The lowest BCUT2D eigenvalue weighted by Crippen LogP contribution is -2.25. The molecule has 144 valence electrons. The van der Waals surface area contributed by atoms with Gasteiger partial charge in [0.05, 0.1) is 18.2 Å². The van der Waals surface area contributed by atoms with Gasteiger partial charge < -0.3 is 19.2 Å². The van der Waals surface area contributed by atoms with Gasteiger partial charge in [-0.25, -0.2) is 9.59 Å². The zero-order chi connectivity index (χ0) is 20.1. The largest absolute Gasteiger partial charge is 0.465 e. The lowest BCUT2D eigenvalue weighted by molar-refractivity contribution is -0.147. The molecule has 1 aromatic heterocycles. The van der Waals surface area contributed by atoms with E-state index in [0.717, 1.165) is 4.57 Å². The molecule has 1 heterocycles. The first-order chi connectivity index (χ1) is 13.5. The number of carbonyl (C=O) groups is 3. The van der Waals surface area contributed by atoms with E-state index in [1.54, 1.807) is 24.3 Å². The number of amides is 1. The molecular weight excluding hydrogens is 368 g/mol. The van der Waals surface area contributed by atoms with Gasteiger partial charge in [0.2, 0.25) is 0 Å². The summed E-state index contributed by atoms with van der Waals surface area (Å²) in [6, 6.07) is 12.7. The van der Waals surface area contributed by atoms with Gasteiger partial charge in [0.15, 0.2) is 12.2 Å². The van der Waals surface area contributed by atoms with Crippen molar-refractivity contribution in [1.29, 1.82) is 0 Å². The van der Waals surface area contributed by atoms with Gasteiger partial charge in [-0.05, 0) is 36.4 Å². The molecule has 0 saturated carbocycles. The molecule has 0 aliphatic carbocycles. The minimum absolute atomic E-state index is 0.338. The molecule has 9 nitrogen and oxygen atoms in total. The summed E-state index contributed by atoms with van der Waals surface area (Å²) in [4.78, 5) is 47.1. The maximum Gasteiger partial charge on any atom is 0.420 e. The van der Waals surface area contributed by atoms with Crippen molar-refractivity contribution in [3.8, 4) is 0 Å². The van der Waals surface area contributed by atoms with Gasteiger partial charge in [0.1, 0.15) is 6.54 Å². The first-order valence-electron chi connectivity index (χ1n) is 8.20. The second-order valence-corrected chi connectivity index (χ2v) is 5.70. The number of carbonyl (C=O) groups excluding carboxylic acids is 3. The Kier molecular flexibility index (Phi) is 5.54. The number of nitrogens with one attached hydrogen (secondary N) is 1. The Morgan fingerprint density at radius 3 is 2.50 bits per heavy atom. The molecule has 0 bridgehead atoms. The molecule has 3 rings (SSSR count). The molecule has 0 unspecified atom stereocenters. The van der Waals surface area contributed by atoms with Crippen molar-refractivity contribution < 1.29 is 28.3 Å². The quantitative estimate of drug-likeness (QED) is 0.641. The molecule has 0 spiro atoms. The van der Waals surface area contributed by atoms with E-state index in [2.05, 4.69) is 10.1 Å². The van der Waals surface area contributed by atoms with Gasteiger partial charge in [-0.3, -0.25) is 14.2 Å². The number of ether oxygens (including phenoxy) is 2. The highest BCUT2D eigenvalue weighted by Crippen LogP contribution is 2.12. The molecule has 1 N–H and O–H groups in total. The number of benzene rings is 2. The lowest BCUT2D eigenvalue weighted by Gasteiger charge is -2.07. The number of hydrogen-bond donors (Lipinski definition) is 1. The monoisotopic (exact) mass is 384 g/mol. The van der Waals surface area contributed by atoms with E-state index in [-0.39, 0.29) is 6.54 Å². The average Bonchev–Trinajstić information content (AvgIpc) is 3.01. The van der Waals surface area contributed by atoms with Gasteiger partial charge in [-0.15, -0.1) is 0 Å². The SMILES string of the molecule is COC(=O)c1ccc(NC(=O)COC(=O)Cn2c(=O)oc3ccccc32)cc1. The summed E-state index contributed by atoms with van der Waals surface area (Å²) >= 11 is 0. The van der Waals surface area contributed by atoms with Crippen LogP contribution in [0.25, 0.3) is 11.1 Å². The van der Waals surface area contributed by atoms with Crippen LogP contribution in [0.5, 0.6) is 0 Å². The van der Waals surface area contributed by atoms with E-state index in [1.807, 2.05) is 0 Å². The molecule has 0 aliphatic rings. The third-order valence-corrected chi connectivity index (χ3v) is 3.81. The molecule has 0 radical (unpaired) electrons. The number of para-hydroxylation sites is 2. The Morgan fingerprint density at radius 2 is 1.79 bits per heavy atom. The van der Waals surface area contributed by atoms with Crippen molar-refractivity contribution >= 4 is 34.6 Å². The number of esters is 2. The number of fused-ring (bicyclic) bond motifs is 1. The maximum absolute atomic E-state index is 12.0. The van der Waals surface area contributed by atoms with Crippen LogP contribution in [0.15, 0.2) is 57.7 Å². The van der Waals surface area contributed by atoms with Crippen LogP contribution in [0.4, 0.5) is 5.69 Å². The van der Waals surface area contributed by atoms with Crippen molar-refractivity contribution in [2.45, 2.75) is 6.54 Å². The average molecular weight is 384 g/mol. The Bertz CT molecular complexity index is 1080. The molecule has 0 saturated heterocycles. The van der Waals surface area contributed by atoms with Crippen molar-refractivity contribution in [3.05, 3.63) is 64.6 Å². The third-order valence-electron chi connectivity index (χ3n) is 3.81. The van der Waals surface area contributed by atoms with Gasteiger partial charge in [-0.1, -0.05) is 12.1 Å². The standard InChI is InChI=1S/C19H16N2O7/c1-26-18(24)12-6-8-13(9-7-12)20-16(22)11-27-17(23)10-21-14-4-2-3-5-15(14)28-19(21)25/h2-9H,10-11H2,1H3,(H,20,22). The van der Waals surface area contributed by atoms with E-state index in [9.17, 15) is 19.2 Å². The van der Waals surface area contributed by atoms with Gasteiger partial charge in [0.25, 0.3) is 5.91 Å². The van der Waals surface area contributed by atoms with Crippen LogP contribution in [0.3, 0.4) is 0 Å². The summed E-state index contributed by atoms with van der Waals surface area (Å²) in [6.07, 6.45) is 0. The number of anilines is 1. The highest BCUT2D eigenvalue weighted by Gasteiger charge is 2.14. The first-order valence-corrected chi connectivity index (χ1v) is 8.20. The highest BCUT2D eigenvalue weighted by molar-refractivity contribution is 5.94. The Hall–Kier alpha value is -3.88. The molecule has 1 amide bonds. The first kappa shape index (κ1) is 18.9. The fourth-order valence-electron chi connectivity index (χ4n) is 2.49. The topological polar surface area (TPSA) is 117 Å². The molecule has 0 fully saturated rings. The summed E-state index contributed by atoms with van der Waals surface area (Å²) in [5.74, 6) is -2.50. The molecule has 0 aliphatic heterocycles. The van der Waals surface area contributed by atoms with E-state index < -0.39 is 30.2 Å². The number of nitrogens with zero attached hydrogens (tertiary/aromatic N) is 1. The Labute approximate surface area is 158 Å². The van der Waals surface area contributed by atoms with Gasteiger partial charge in [0, 0.05) is 5.69 Å². The number of hydrogen-bond acceptors (Lipinski definition) is 7. The Balaban J connectivity index is 1.54. The number of aromatic nitrogens is 1. The van der Waals surface area contributed by atoms with Crippen LogP contribution in [0, 0.1) is 0 Å². The fraction of sp³-hybridized carbons (Fsp3) is 0.158. The van der Waals surface area contributed by atoms with Crippen molar-refractivity contribution in [2.75, 3.05) is 19.0 Å². The van der Waals surface area contributed by atoms with Gasteiger partial charge in [-0.2, -0.15) is 0 Å². The molecule has 3 aromatic rings. The van der Waals surface area contributed by atoms with E-state index in [4.69, 9.17) is 9.15 Å². The summed E-state index contributed by atoms with van der Waals surface area (Å²) in [7, 11) is 1.27. The van der Waals surface area contributed by atoms with Crippen LogP contribution >= 0.6 is 0 Å². The van der Waals surface area contributed by atoms with Crippen molar-refractivity contribution in [2.24, 2.45) is 0 Å². The van der Waals surface area contributed by atoms with E-state index in [1.165, 1.54) is 31.4 Å². The minimum atomic E-state index is -0.759. The zero-order valence-corrected chi connectivity index (χ0v) is 14.8. The van der Waals surface area contributed by atoms with Crippen LogP contribution in [-0.4, -0.2) is 36.1 Å². The molecular formula is C19H16N2O7.